The maximum absolute atomic E-state index is 14.1. The molecule has 0 bridgehead atoms. The van der Waals surface area contributed by atoms with Crippen molar-refractivity contribution in [1.29, 1.82) is 5.26 Å². The molecule has 2 aliphatic heterocycles. The zero-order valence-corrected chi connectivity index (χ0v) is 33.1. The summed E-state index contributed by atoms with van der Waals surface area (Å²) in [5.41, 5.74) is 2.26. The van der Waals surface area contributed by atoms with E-state index in [4.69, 9.17) is 16.3 Å². The number of carbonyl (C=O) groups excluding carboxylic acids is 1. The van der Waals surface area contributed by atoms with Gasteiger partial charge in [-0.05, 0) is 44.0 Å². The highest BCUT2D eigenvalue weighted by molar-refractivity contribution is 7.90. The summed E-state index contributed by atoms with van der Waals surface area (Å²) in [6.07, 6.45) is 4.21. The van der Waals surface area contributed by atoms with Crippen molar-refractivity contribution in [2.75, 3.05) is 38.3 Å². The molecule has 2 saturated heterocycles. The van der Waals surface area contributed by atoms with Crippen molar-refractivity contribution in [3.05, 3.63) is 79.9 Å². The molecular formula is C39H35ClF2N8O5S2. The first-order chi connectivity index (χ1) is 27.2. The minimum atomic E-state index is -3.92. The average molecular weight is 833 g/mol. The lowest BCUT2D eigenvalue weighted by Gasteiger charge is -2.46. The van der Waals surface area contributed by atoms with Crippen molar-refractivity contribution in [2.24, 2.45) is 0 Å². The Morgan fingerprint density at radius 2 is 1.93 bits per heavy atom. The van der Waals surface area contributed by atoms with Crippen LogP contribution in [-0.2, 0) is 21.3 Å². The standard InChI is InChI=1S/C39H35ClF2N8O5S2/c1-22-46-32-18-45-36(48(2)25-8-12-49(13-9-25)26-15-39(41,42)16-26)30(17-43)33(32)38(52)50(22)11-3-4-23-5-6-24(40)14-29(23)28-7-10-44-34-31(21-56-35(28)34)37(51)47-57(53,54)27-19-55-20-27/h5-7,10,14,18,21,25-27H,8-9,11-13,15-16,19-20H2,1-2H3,(H,47,51). The number of fused-ring (bicyclic) bond motifs is 2. The summed E-state index contributed by atoms with van der Waals surface area (Å²) < 4.78 is 61.3. The van der Waals surface area contributed by atoms with E-state index in [1.54, 1.807) is 36.6 Å². The number of aromatic nitrogens is 4. The molecule has 1 aliphatic carbocycles. The lowest BCUT2D eigenvalue weighted by Crippen LogP contribution is -2.55. The van der Waals surface area contributed by atoms with E-state index < -0.39 is 32.7 Å². The molecule has 0 radical (unpaired) electrons. The molecule has 18 heteroatoms. The van der Waals surface area contributed by atoms with Gasteiger partial charge in [0.2, 0.25) is 10.0 Å². The minimum absolute atomic E-state index is 0.00199. The predicted molar refractivity (Wildman–Crippen MR) is 212 cm³/mol. The molecule has 3 fully saturated rings. The summed E-state index contributed by atoms with van der Waals surface area (Å²) in [6.45, 7) is 2.99. The molecule has 0 unspecified atom stereocenters. The number of benzene rings is 1. The third-order valence-electron chi connectivity index (χ3n) is 11.0. The average Bonchev–Trinajstić information content (AvgIpc) is 3.59. The van der Waals surface area contributed by atoms with Crippen LogP contribution in [0.1, 0.15) is 53.0 Å². The second kappa shape index (κ2) is 15.0. The number of carbonyl (C=O) groups is 1. The van der Waals surface area contributed by atoms with E-state index in [0.29, 0.717) is 69.5 Å². The summed E-state index contributed by atoms with van der Waals surface area (Å²) in [6, 6.07) is 9.01. The van der Waals surface area contributed by atoms with Gasteiger partial charge in [0.05, 0.1) is 52.6 Å². The summed E-state index contributed by atoms with van der Waals surface area (Å²) in [5.74, 6) is 3.61. The van der Waals surface area contributed by atoms with Gasteiger partial charge >= 0.3 is 0 Å². The lowest BCUT2D eigenvalue weighted by molar-refractivity contribution is -0.127. The van der Waals surface area contributed by atoms with Crippen molar-refractivity contribution < 1.29 is 26.7 Å². The Balaban J connectivity index is 1.06. The number of rotatable bonds is 8. The number of hydrogen-bond donors (Lipinski definition) is 1. The van der Waals surface area contributed by atoms with E-state index in [1.165, 1.54) is 28.3 Å². The SMILES string of the molecule is Cc1nc2cnc(N(C)C3CCN(C4CC(F)(F)C4)CC3)c(C#N)c2c(=O)n1CC#Cc1ccc(Cl)cc1-c1ccnc2c(C(=O)NS(=O)(=O)C3COC3)csc12. The number of thiophene rings is 1. The van der Waals surface area contributed by atoms with Crippen LogP contribution in [-0.4, -0.2) is 95.4 Å². The zero-order valence-electron chi connectivity index (χ0n) is 30.8. The predicted octanol–water partition coefficient (Wildman–Crippen LogP) is 5.11. The molecule has 1 aromatic carbocycles. The fourth-order valence-electron chi connectivity index (χ4n) is 7.60. The van der Waals surface area contributed by atoms with Crippen molar-refractivity contribution in [1.82, 2.24) is 29.1 Å². The third kappa shape index (κ3) is 7.35. The molecule has 0 spiro atoms. The third-order valence-corrected chi connectivity index (χ3v) is 13.8. The van der Waals surface area contributed by atoms with E-state index in [0.717, 1.165) is 0 Å². The monoisotopic (exact) mass is 832 g/mol. The first kappa shape index (κ1) is 38.8. The number of anilines is 1. The number of pyridine rings is 2. The lowest BCUT2D eigenvalue weighted by atomic mass is 9.85. The Kier molecular flexibility index (Phi) is 10.2. The van der Waals surface area contributed by atoms with Gasteiger partial charge in [0.15, 0.2) is 0 Å². The molecule has 4 aromatic heterocycles. The fraction of sp³-hybridized carbons (Fsp3) is 0.385. The van der Waals surface area contributed by atoms with E-state index in [2.05, 4.69) is 42.5 Å². The molecule has 294 valence electrons. The summed E-state index contributed by atoms with van der Waals surface area (Å²) in [7, 11) is -2.08. The molecule has 6 heterocycles. The van der Waals surface area contributed by atoms with Crippen LogP contribution >= 0.6 is 22.9 Å². The smallest absolute Gasteiger partial charge is 0.267 e. The van der Waals surface area contributed by atoms with Gasteiger partial charge in [0, 0.05) is 78.4 Å². The Bertz CT molecular complexity index is 2720. The highest BCUT2D eigenvalue weighted by Gasteiger charge is 2.48. The number of nitrogens with zero attached hydrogens (tertiary/aromatic N) is 7. The number of hydrogen-bond acceptors (Lipinski definition) is 12. The van der Waals surface area contributed by atoms with Crippen LogP contribution in [0.3, 0.4) is 0 Å². The highest BCUT2D eigenvalue weighted by Crippen LogP contribution is 2.42. The van der Waals surface area contributed by atoms with Gasteiger partial charge in [-0.15, -0.1) is 11.3 Å². The van der Waals surface area contributed by atoms with Crippen LogP contribution in [0.5, 0.6) is 0 Å². The minimum Gasteiger partial charge on any atom is -0.378 e. The number of sulfonamides is 1. The summed E-state index contributed by atoms with van der Waals surface area (Å²) >= 11 is 7.68. The number of halogens is 3. The van der Waals surface area contributed by atoms with E-state index >= 15 is 0 Å². The summed E-state index contributed by atoms with van der Waals surface area (Å²) in [5, 5.41) is 11.7. The van der Waals surface area contributed by atoms with Crippen LogP contribution < -0.4 is 15.2 Å². The Labute approximate surface area is 335 Å². The Morgan fingerprint density at radius 1 is 1.18 bits per heavy atom. The van der Waals surface area contributed by atoms with Crippen LogP contribution in [0, 0.1) is 30.1 Å². The van der Waals surface area contributed by atoms with Gasteiger partial charge in [-0.3, -0.25) is 24.0 Å². The molecule has 13 nitrogen and oxygen atoms in total. The zero-order chi connectivity index (χ0) is 40.2. The van der Waals surface area contributed by atoms with Gasteiger partial charge in [0.25, 0.3) is 17.4 Å². The molecule has 57 heavy (non-hydrogen) atoms. The number of aryl methyl sites for hydroxylation is 1. The van der Waals surface area contributed by atoms with E-state index in [1.807, 2.05) is 11.9 Å². The van der Waals surface area contributed by atoms with Crippen LogP contribution in [0.2, 0.25) is 5.02 Å². The van der Waals surface area contributed by atoms with Crippen molar-refractivity contribution in [2.45, 2.75) is 62.4 Å². The molecule has 3 aliphatic rings. The fourth-order valence-corrected chi connectivity index (χ4v) is 9.89. The topological polar surface area (TPSA) is 163 Å². The van der Waals surface area contributed by atoms with Gasteiger partial charge in [-0.2, -0.15) is 5.26 Å². The van der Waals surface area contributed by atoms with Crippen molar-refractivity contribution in [3.63, 3.8) is 0 Å². The molecule has 5 aromatic rings. The second-order valence-electron chi connectivity index (χ2n) is 14.5. The number of piperidine rings is 1. The molecule has 1 N–H and O–H groups in total. The largest absolute Gasteiger partial charge is 0.378 e. The second-order valence-corrected chi connectivity index (χ2v) is 17.8. The number of likely N-dealkylation sites (tertiary alicyclic amines) is 1. The van der Waals surface area contributed by atoms with Crippen molar-refractivity contribution >= 4 is 65.8 Å². The molecule has 1 amide bonds. The maximum atomic E-state index is 14.1. The Hall–Kier alpha value is -5.04. The quantitative estimate of drug-likeness (QED) is 0.207. The van der Waals surface area contributed by atoms with Gasteiger partial charge in [-0.25, -0.2) is 31.9 Å². The molecule has 1 saturated carbocycles. The van der Waals surface area contributed by atoms with E-state index in [-0.39, 0.29) is 66.7 Å². The molecule has 0 atom stereocenters. The first-order valence-corrected chi connectivity index (χ1v) is 21.0. The van der Waals surface area contributed by atoms with Crippen LogP contribution in [0.25, 0.3) is 32.2 Å². The Morgan fingerprint density at radius 3 is 2.61 bits per heavy atom. The number of ether oxygens (including phenoxy) is 1. The van der Waals surface area contributed by atoms with Gasteiger partial charge < -0.3 is 9.64 Å². The van der Waals surface area contributed by atoms with Gasteiger partial charge in [0.1, 0.15) is 28.5 Å². The number of alkyl halides is 2. The summed E-state index contributed by atoms with van der Waals surface area (Å²) in [4.78, 5) is 44.8. The van der Waals surface area contributed by atoms with Crippen molar-refractivity contribution in [3.8, 4) is 29.0 Å². The first-order valence-electron chi connectivity index (χ1n) is 18.2. The molecular weight excluding hydrogens is 798 g/mol. The van der Waals surface area contributed by atoms with Crippen LogP contribution in [0.4, 0.5) is 14.6 Å². The number of amides is 1. The maximum Gasteiger partial charge on any atom is 0.267 e. The van der Waals surface area contributed by atoms with Crippen LogP contribution in [0.15, 0.2) is 46.8 Å². The normalized spacial score (nSPS) is 17.7. The highest BCUT2D eigenvalue weighted by atomic mass is 35.5. The van der Waals surface area contributed by atoms with Gasteiger partial charge in [-0.1, -0.05) is 23.4 Å². The molecule has 8 rings (SSSR count). The van der Waals surface area contributed by atoms with E-state index in [9.17, 15) is 32.0 Å². The number of nitrogens with one attached hydrogen (secondary N) is 1. The number of nitriles is 1.